The number of carbonyl (C=O) groups excluding carboxylic acids is 3. The average molecular weight is 436 g/mol. The van der Waals surface area contributed by atoms with Crippen molar-refractivity contribution in [2.24, 2.45) is 0 Å². The number of hydrogen-bond donors (Lipinski definition) is 2. The lowest BCUT2D eigenvalue weighted by atomic mass is 10.1. The molecule has 1 aliphatic heterocycles. The molecule has 2 rings (SSSR count). The van der Waals surface area contributed by atoms with Gasteiger partial charge in [0.05, 0.1) is 31.9 Å². The van der Waals surface area contributed by atoms with E-state index < -0.39 is 12.0 Å². The molecule has 31 heavy (non-hydrogen) atoms. The second kappa shape index (κ2) is 13.6. The predicted molar refractivity (Wildman–Crippen MR) is 116 cm³/mol. The van der Waals surface area contributed by atoms with Crippen LogP contribution in [0.1, 0.15) is 33.1 Å². The Hall–Kier alpha value is -2.65. The van der Waals surface area contributed by atoms with Gasteiger partial charge in [-0.3, -0.25) is 19.3 Å². The predicted octanol–water partition coefficient (Wildman–Crippen LogP) is 1.57. The van der Waals surface area contributed by atoms with Gasteiger partial charge in [0.25, 0.3) is 0 Å². The van der Waals surface area contributed by atoms with Gasteiger partial charge in [0.2, 0.25) is 11.8 Å². The van der Waals surface area contributed by atoms with Crippen molar-refractivity contribution < 1.29 is 28.6 Å². The number of para-hydroxylation sites is 2. The van der Waals surface area contributed by atoms with Crippen LogP contribution < -0.4 is 15.4 Å². The highest BCUT2D eigenvalue weighted by molar-refractivity contribution is 5.94. The molecule has 1 saturated heterocycles. The fraction of sp³-hybridized carbons (Fsp3) is 0.591. The topological polar surface area (TPSA) is 106 Å². The number of benzene rings is 1. The van der Waals surface area contributed by atoms with Gasteiger partial charge in [-0.05, 0) is 25.5 Å². The van der Waals surface area contributed by atoms with Gasteiger partial charge in [0.1, 0.15) is 18.4 Å². The third-order valence-electron chi connectivity index (χ3n) is 4.76. The summed E-state index contributed by atoms with van der Waals surface area (Å²) >= 11 is 0. The van der Waals surface area contributed by atoms with Gasteiger partial charge in [-0.25, -0.2) is 0 Å². The second-order valence-electron chi connectivity index (χ2n) is 7.15. The molecule has 2 N–H and O–H groups in total. The summed E-state index contributed by atoms with van der Waals surface area (Å²) in [6, 6.07) is 6.41. The molecule has 1 aliphatic rings. The minimum absolute atomic E-state index is 0.0202. The van der Waals surface area contributed by atoms with Gasteiger partial charge < -0.3 is 24.8 Å². The van der Waals surface area contributed by atoms with E-state index in [9.17, 15) is 14.4 Å². The highest BCUT2D eigenvalue weighted by Crippen LogP contribution is 2.24. The van der Waals surface area contributed by atoms with Gasteiger partial charge in [-0.1, -0.05) is 25.5 Å². The number of rotatable bonds is 13. The van der Waals surface area contributed by atoms with Crippen molar-refractivity contribution in [3.8, 4) is 5.75 Å². The van der Waals surface area contributed by atoms with E-state index in [1.54, 1.807) is 23.1 Å². The van der Waals surface area contributed by atoms with Gasteiger partial charge in [0.15, 0.2) is 0 Å². The number of carbonyl (C=O) groups is 3. The van der Waals surface area contributed by atoms with E-state index in [1.807, 2.05) is 19.9 Å². The maximum absolute atomic E-state index is 12.7. The lowest BCUT2D eigenvalue weighted by Gasteiger charge is -2.33. The van der Waals surface area contributed by atoms with Gasteiger partial charge in [0, 0.05) is 19.7 Å². The first-order valence-corrected chi connectivity index (χ1v) is 10.8. The number of hydrogen-bond acceptors (Lipinski definition) is 7. The SMILES string of the molecule is CCCCOC(=O)CC1C(=O)NCCN1CC(=O)Nc1ccccc1OCCOCC. The molecule has 0 spiro atoms. The molecular weight excluding hydrogens is 402 g/mol. The van der Waals surface area contributed by atoms with Crippen LogP contribution in [0.2, 0.25) is 0 Å². The normalized spacial score (nSPS) is 16.5. The van der Waals surface area contributed by atoms with E-state index in [0.29, 0.717) is 51.0 Å². The molecule has 1 atom stereocenters. The summed E-state index contributed by atoms with van der Waals surface area (Å²) in [4.78, 5) is 38.8. The van der Waals surface area contributed by atoms with Crippen LogP contribution in [0.15, 0.2) is 24.3 Å². The molecule has 2 amide bonds. The van der Waals surface area contributed by atoms with E-state index in [4.69, 9.17) is 14.2 Å². The Morgan fingerprint density at radius 1 is 1.19 bits per heavy atom. The highest BCUT2D eigenvalue weighted by Gasteiger charge is 2.33. The summed E-state index contributed by atoms with van der Waals surface area (Å²) in [5.41, 5.74) is 0.543. The zero-order valence-corrected chi connectivity index (χ0v) is 18.4. The molecule has 0 aliphatic carbocycles. The largest absolute Gasteiger partial charge is 0.489 e. The first-order valence-electron chi connectivity index (χ1n) is 10.8. The lowest BCUT2D eigenvalue weighted by Crippen LogP contribution is -2.57. The van der Waals surface area contributed by atoms with Crippen molar-refractivity contribution in [2.75, 3.05) is 51.4 Å². The number of ether oxygens (including phenoxy) is 3. The molecule has 0 saturated carbocycles. The molecule has 1 fully saturated rings. The summed E-state index contributed by atoms with van der Waals surface area (Å²) in [6.45, 7) is 6.56. The average Bonchev–Trinajstić information content (AvgIpc) is 2.75. The standard InChI is InChI=1S/C22H33N3O6/c1-3-5-12-31-21(27)15-18-22(28)23-10-11-25(18)16-20(26)24-17-8-6-7-9-19(17)30-14-13-29-4-2/h6-9,18H,3-5,10-16H2,1-2H3,(H,23,28)(H,24,26). The molecule has 1 heterocycles. The van der Waals surface area contributed by atoms with Crippen molar-refractivity contribution in [2.45, 2.75) is 39.2 Å². The fourth-order valence-electron chi connectivity index (χ4n) is 3.15. The molecule has 9 nitrogen and oxygen atoms in total. The summed E-state index contributed by atoms with van der Waals surface area (Å²) in [5, 5.41) is 5.58. The van der Waals surface area contributed by atoms with Crippen LogP contribution in [0.3, 0.4) is 0 Å². The van der Waals surface area contributed by atoms with E-state index in [1.165, 1.54) is 0 Å². The van der Waals surface area contributed by atoms with Gasteiger partial charge in [-0.15, -0.1) is 0 Å². The van der Waals surface area contributed by atoms with Crippen LogP contribution in [0.5, 0.6) is 5.75 Å². The molecule has 0 bridgehead atoms. The van der Waals surface area contributed by atoms with Gasteiger partial charge in [-0.2, -0.15) is 0 Å². The molecule has 1 unspecified atom stereocenters. The molecule has 0 aromatic heterocycles. The smallest absolute Gasteiger partial charge is 0.307 e. The Kier molecular flexibility index (Phi) is 10.8. The Labute approximate surface area is 183 Å². The molecule has 172 valence electrons. The number of nitrogens with zero attached hydrogens (tertiary/aromatic N) is 1. The van der Waals surface area contributed by atoms with Crippen LogP contribution >= 0.6 is 0 Å². The maximum atomic E-state index is 12.7. The summed E-state index contributed by atoms with van der Waals surface area (Å²) in [5.74, 6) is -0.456. The third kappa shape index (κ3) is 8.55. The first-order chi connectivity index (χ1) is 15.0. The zero-order chi connectivity index (χ0) is 22.5. The number of esters is 1. The van der Waals surface area contributed by atoms with Crippen molar-refractivity contribution >= 4 is 23.5 Å². The van der Waals surface area contributed by atoms with E-state index in [-0.39, 0.29) is 24.8 Å². The highest BCUT2D eigenvalue weighted by atomic mass is 16.5. The number of piperazine rings is 1. The van der Waals surface area contributed by atoms with Crippen LogP contribution in [0, 0.1) is 0 Å². The Morgan fingerprint density at radius 3 is 2.77 bits per heavy atom. The van der Waals surface area contributed by atoms with E-state index in [0.717, 1.165) is 12.8 Å². The Balaban J connectivity index is 1.93. The third-order valence-corrected chi connectivity index (χ3v) is 4.76. The van der Waals surface area contributed by atoms with E-state index >= 15 is 0 Å². The van der Waals surface area contributed by atoms with Crippen molar-refractivity contribution in [3.05, 3.63) is 24.3 Å². The minimum atomic E-state index is -0.730. The monoisotopic (exact) mass is 435 g/mol. The summed E-state index contributed by atoms with van der Waals surface area (Å²) in [6.07, 6.45) is 1.61. The quantitative estimate of drug-likeness (QED) is 0.358. The number of unbranched alkanes of at least 4 members (excludes halogenated alkanes) is 1. The molecule has 1 aromatic rings. The van der Waals surface area contributed by atoms with Crippen LogP contribution in [-0.2, 0) is 23.9 Å². The lowest BCUT2D eigenvalue weighted by molar-refractivity contribution is -0.149. The van der Waals surface area contributed by atoms with Crippen molar-refractivity contribution in [1.82, 2.24) is 10.2 Å². The molecule has 0 radical (unpaired) electrons. The fourth-order valence-corrected chi connectivity index (χ4v) is 3.15. The first kappa shape index (κ1) is 24.6. The minimum Gasteiger partial charge on any atom is -0.489 e. The summed E-state index contributed by atoms with van der Waals surface area (Å²) in [7, 11) is 0. The Morgan fingerprint density at radius 2 is 2.00 bits per heavy atom. The van der Waals surface area contributed by atoms with E-state index in [2.05, 4.69) is 10.6 Å². The number of amides is 2. The van der Waals surface area contributed by atoms with Gasteiger partial charge >= 0.3 is 5.97 Å². The number of anilines is 1. The second-order valence-corrected chi connectivity index (χ2v) is 7.15. The van der Waals surface area contributed by atoms with Crippen LogP contribution in [-0.4, -0.2) is 74.8 Å². The van der Waals surface area contributed by atoms with Crippen LogP contribution in [0.4, 0.5) is 5.69 Å². The van der Waals surface area contributed by atoms with Crippen molar-refractivity contribution in [3.63, 3.8) is 0 Å². The molecular formula is C22H33N3O6. The number of nitrogens with one attached hydrogen (secondary N) is 2. The maximum Gasteiger partial charge on any atom is 0.307 e. The molecule has 1 aromatic carbocycles. The molecule has 9 heteroatoms. The summed E-state index contributed by atoms with van der Waals surface area (Å²) < 4.78 is 16.1. The van der Waals surface area contributed by atoms with Crippen molar-refractivity contribution in [1.29, 1.82) is 0 Å². The Bertz CT molecular complexity index is 727. The van der Waals surface area contributed by atoms with Crippen LogP contribution in [0.25, 0.3) is 0 Å². The zero-order valence-electron chi connectivity index (χ0n) is 18.4.